The third kappa shape index (κ3) is 2.52. The fraction of sp³-hybridized carbons (Fsp3) is 0.200. The zero-order valence-corrected chi connectivity index (χ0v) is 11.8. The monoisotopic (exact) mass is 305 g/mol. The van der Waals surface area contributed by atoms with Crippen molar-refractivity contribution in [2.75, 3.05) is 6.54 Å². The van der Waals surface area contributed by atoms with E-state index >= 15 is 0 Å². The molecule has 0 atom stereocenters. The lowest BCUT2D eigenvalue weighted by molar-refractivity contribution is 0.0645. The second kappa shape index (κ2) is 5.26. The molecule has 6 heteroatoms. The molecule has 2 heterocycles. The maximum Gasteiger partial charge on any atom is 0.371 e. The maximum atomic E-state index is 12.3. The molecule has 0 unspecified atom stereocenters. The van der Waals surface area contributed by atoms with Crippen molar-refractivity contribution in [1.82, 2.24) is 4.90 Å². The topological polar surface area (TPSA) is 70.8 Å². The van der Waals surface area contributed by atoms with E-state index in [-0.39, 0.29) is 17.4 Å². The molecule has 0 saturated carbocycles. The lowest BCUT2D eigenvalue weighted by atomic mass is 9.99. The fourth-order valence-electron chi connectivity index (χ4n) is 2.46. The third-order valence-corrected chi connectivity index (χ3v) is 3.88. The van der Waals surface area contributed by atoms with Gasteiger partial charge < -0.3 is 14.4 Å². The predicted molar refractivity (Wildman–Crippen MR) is 75.6 cm³/mol. The molecule has 0 spiro atoms. The molecule has 0 bridgehead atoms. The number of carboxylic acids is 1. The summed E-state index contributed by atoms with van der Waals surface area (Å²) in [6.07, 6.45) is 0.674. The molecule has 1 aromatic heterocycles. The van der Waals surface area contributed by atoms with E-state index < -0.39 is 5.97 Å². The van der Waals surface area contributed by atoms with E-state index in [1.807, 2.05) is 18.2 Å². The van der Waals surface area contributed by atoms with Gasteiger partial charge in [0, 0.05) is 18.1 Å². The molecule has 0 fully saturated rings. The van der Waals surface area contributed by atoms with Crippen molar-refractivity contribution >= 4 is 23.5 Å². The van der Waals surface area contributed by atoms with Gasteiger partial charge in [-0.1, -0.05) is 23.7 Å². The summed E-state index contributed by atoms with van der Waals surface area (Å²) >= 11 is 6.14. The van der Waals surface area contributed by atoms with Gasteiger partial charge in [0.15, 0.2) is 5.76 Å². The highest BCUT2D eigenvalue weighted by molar-refractivity contribution is 6.31. The number of carbonyl (C=O) groups excluding carboxylic acids is 1. The second-order valence-electron chi connectivity index (χ2n) is 4.82. The van der Waals surface area contributed by atoms with Crippen LogP contribution in [0.15, 0.2) is 34.7 Å². The molecular weight excluding hydrogens is 294 g/mol. The highest BCUT2D eigenvalue weighted by atomic mass is 35.5. The van der Waals surface area contributed by atoms with Crippen LogP contribution in [-0.4, -0.2) is 28.4 Å². The molecule has 0 radical (unpaired) electrons. The Kier molecular flexibility index (Phi) is 3.43. The maximum absolute atomic E-state index is 12.3. The highest BCUT2D eigenvalue weighted by Gasteiger charge is 2.25. The Balaban J connectivity index is 1.82. The van der Waals surface area contributed by atoms with Crippen molar-refractivity contribution in [3.63, 3.8) is 0 Å². The van der Waals surface area contributed by atoms with Gasteiger partial charge in [0.25, 0.3) is 5.91 Å². The lowest BCUT2D eigenvalue weighted by Crippen LogP contribution is -2.35. The number of carboxylic acid groups (broad SMARTS) is 1. The van der Waals surface area contributed by atoms with Gasteiger partial charge in [0.1, 0.15) is 0 Å². The Morgan fingerprint density at radius 1 is 1.19 bits per heavy atom. The minimum absolute atomic E-state index is 0.0397. The molecule has 108 valence electrons. The molecule has 1 N–H and O–H groups in total. The highest BCUT2D eigenvalue weighted by Crippen LogP contribution is 2.26. The van der Waals surface area contributed by atoms with Crippen LogP contribution in [0.4, 0.5) is 0 Å². The van der Waals surface area contributed by atoms with Gasteiger partial charge in [-0.2, -0.15) is 0 Å². The normalized spacial score (nSPS) is 13.9. The molecule has 1 amide bonds. The van der Waals surface area contributed by atoms with Crippen molar-refractivity contribution in [1.29, 1.82) is 0 Å². The Morgan fingerprint density at radius 3 is 2.67 bits per heavy atom. The van der Waals surface area contributed by atoms with Gasteiger partial charge in [-0.3, -0.25) is 4.79 Å². The molecule has 0 aliphatic carbocycles. The number of amides is 1. The van der Waals surface area contributed by atoms with E-state index in [9.17, 15) is 9.59 Å². The van der Waals surface area contributed by atoms with Crippen molar-refractivity contribution < 1.29 is 19.1 Å². The molecule has 3 rings (SSSR count). The summed E-state index contributed by atoms with van der Waals surface area (Å²) in [4.78, 5) is 24.7. The smallest absolute Gasteiger partial charge is 0.371 e. The summed E-state index contributed by atoms with van der Waals surface area (Å²) in [5, 5.41) is 9.53. The zero-order chi connectivity index (χ0) is 15.0. The molecule has 1 aliphatic rings. The van der Waals surface area contributed by atoms with Crippen LogP contribution in [0.1, 0.15) is 32.2 Å². The standard InChI is InChI=1S/C15H12ClNO4/c16-11-3-1-2-9-8-17(7-6-10(9)11)14(18)12-4-5-13(21-12)15(19)20/h1-5H,6-8H2,(H,19,20). The van der Waals surface area contributed by atoms with Crippen molar-refractivity contribution in [2.45, 2.75) is 13.0 Å². The van der Waals surface area contributed by atoms with E-state index in [1.54, 1.807) is 4.90 Å². The minimum Gasteiger partial charge on any atom is -0.475 e. The summed E-state index contributed by atoms with van der Waals surface area (Å²) in [6.45, 7) is 0.969. The van der Waals surface area contributed by atoms with Crippen LogP contribution in [0.2, 0.25) is 5.02 Å². The Bertz CT molecular complexity index is 722. The van der Waals surface area contributed by atoms with Gasteiger partial charge >= 0.3 is 5.97 Å². The number of furan rings is 1. The largest absolute Gasteiger partial charge is 0.475 e. The van der Waals surface area contributed by atoms with Crippen LogP contribution < -0.4 is 0 Å². The first-order chi connectivity index (χ1) is 10.1. The molecule has 2 aromatic rings. The van der Waals surface area contributed by atoms with Crippen LogP contribution in [0.25, 0.3) is 0 Å². The Morgan fingerprint density at radius 2 is 1.95 bits per heavy atom. The van der Waals surface area contributed by atoms with Crippen molar-refractivity contribution in [2.24, 2.45) is 0 Å². The number of rotatable bonds is 2. The summed E-state index contributed by atoms with van der Waals surface area (Å²) in [6, 6.07) is 8.29. The number of hydrogen-bond donors (Lipinski definition) is 1. The average Bonchev–Trinajstić information content (AvgIpc) is 2.96. The average molecular weight is 306 g/mol. The van der Waals surface area contributed by atoms with Crippen LogP contribution in [0.3, 0.4) is 0 Å². The SMILES string of the molecule is O=C(O)c1ccc(C(=O)N2CCc3c(Cl)cccc3C2)o1. The number of carbonyl (C=O) groups is 2. The lowest BCUT2D eigenvalue weighted by Gasteiger charge is -2.28. The number of aromatic carboxylic acids is 1. The van der Waals surface area contributed by atoms with Gasteiger partial charge in [-0.15, -0.1) is 0 Å². The Labute approximate surface area is 125 Å². The van der Waals surface area contributed by atoms with Crippen LogP contribution in [0.5, 0.6) is 0 Å². The number of nitrogens with zero attached hydrogens (tertiary/aromatic N) is 1. The van der Waals surface area contributed by atoms with Crippen molar-refractivity contribution in [3.05, 3.63) is 58.0 Å². The predicted octanol–water partition coefficient (Wildman–Crippen LogP) is 2.83. The van der Waals surface area contributed by atoms with Gasteiger partial charge in [-0.25, -0.2) is 4.79 Å². The van der Waals surface area contributed by atoms with Gasteiger partial charge in [0.05, 0.1) is 0 Å². The fourth-order valence-corrected chi connectivity index (χ4v) is 2.75. The number of benzene rings is 1. The third-order valence-electron chi connectivity index (χ3n) is 3.52. The van der Waals surface area contributed by atoms with Gasteiger partial charge in [0.2, 0.25) is 5.76 Å². The van der Waals surface area contributed by atoms with Crippen LogP contribution >= 0.6 is 11.6 Å². The van der Waals surface area contributed by atoms with E-state index in [0.717, 1.165) is 11.1 Å². The molecule has 0 saturated heterocycles. The first-order valence-corrected chi connectivity index (χ1v) is 6.82. The molecular formula is C15H12ClNO4. The van der Waals surface area contributed by atoms with E-state index in [0.29, 0.717) is 24.5 Å². The van der Waals surface area contributed by atoms with Crippen molar-refractivity contribution in [3.8, 4) is 0 Å². The minimum atomic E-state index is -1.19. The number of halogens is 1. The Hall–Kier alpha value is -2.27. The molecule has 5 nitrogen and oxygen atoms in total. The molecule has 21 heavy (non-hydrogen) atoms. The van der Waals surface area contributed by atoms with Gasteiger partial charge in [-0.05, 0) is 35.7 Å². The van der Waals surface area contributed by atoms with E-state index in [4.69, 9.17) is 21.1 Å². The molecule has 1 aromatic carbocycles. The number of fused-ring (bicyclic) bond motifs is 1. The summed E-state index contributed by atoms with van der Waals surface area (Å²) in [7, 11) is 0. The first kappa shape index (κ1) is 13.7. The van der Waals surface area contributed by atoms with E-state index in [1.165, 1.54) is 12.1 Å². The number of hydrogen-bond acceptors (Lipinski definition) is 3. The quantitative estimate of drug-likeness (QED) is 0.926. The summed E-state index contributed by atoms with van der Waals surface area (Å²) in [5.74, 6) is -1.70. The summed E-state index contributed by atoms with van der Waals surface area (Å²) in [5.41, 5.74) is 2.07. The van der Waals surface area contributed by atoms with Crippen LogP contribution in [-0.2, 0) is 13.0 Å². The molecule has 1 aliphatic heterocycles. The van der Waals surface area contributed by atoms with E-state index in [2.05, 4.69) is 0 Å². The first-order valence-electron chi connectivity index (χ1n) is 6.45. The zero-order valence-electron chi connectivity index (χ0n) is 11.0. The van der Waals surface area contributed by atoms with Crippen LogP contribution in [0, 0.1) is 0 Å². The summed E-state index contributed by atoms with van der Waals surface area (Å²) < 4.78 is 5.05. The second-order valence-corrected chi connectivity index (χ2v) is 5.23.